The molecule has 11 heteroatoms. The Morgan fingerprint density at radius 1 is 1.47 bits per heavy atom. The first-order valence-electron chi connectivity index (χ1n) is 11.5. The van der Waals surface area contributed by atoms with Gasteiger partial charge in [0.1, 0.15) is 11.9 Å². The van der Waals surface area contributed by atoms with E-state index < -0.39 is 23.2 Å². The Morgan fingerprint density at radius 3 is 2.85 bits per heavy atom. The Kier molecular flexibility index (Phi) is 7.23. The van der Waals surface area contributed by atoms with Crippen molar-refractivity contribution in [3.05, 3.63) is 34.9 Å². The molecule has 2 fully saturated rings. The molecular formula is C23H31ClN5O4S+. The molecule has 2 amide bonds. The zero-order chi connectivity index (χ0) is 24.7. The molecule has 0 spiro atoms. The topological polar surface area (TPSA) is 122 Å². The van der Waals surface area contributed by atoms with E-state index in [-0.39, 0.29) is 23.1 Å². The summed E-state index contributed by atoms with van der Waals surface area (Å²) >= 11 is 7.54. The van der Waals surface area contributed by atoms with Crippen molar-refractivity contribution in [2.24, 2.45) is 24.6 Å². The minimum Gasteiger partial charge on any atom is -0.393 e. The minimum atomic E-state index is -0.757. The van der Waals surface area contributed by atoms with E-state index in [1.54, 1.807) is 24.8 Å². The molecule has 0 aromatic carbocycles. The van der Waals surface area contributed by atoms with Gasteiger partial charge in [0.25, 0.3) is 5.24 Å². The largest absolute Gasteiger partial charge is 0.393 e. The molecule has 3 aliphatic rings. The molecule has 34 heavy (non-hydrogen) atoms. The molecule has 4 N–H and O–H groups in total. The molecule has 0 bridgehead atoms. The number of halogens is 1. The molecule has 0 aliphatic carbocycles. The highest BCUT2D eigenvalue weighted by Gasteiger charge is 2.59. The number of primary amides is 1. The number of aliphatic hydroxyl groups is 1. The number of hydrogen-bond donors (Lipinski definition) is 3. The molecule has 1 aromatic heterocycles. The van der Waals surface area contributed by atoms with Gasteiger partial charge in [0.2, 0.25) is 18.1 Å². The number of rotatable bonds is 9. The number of β-lactam (4-membered cyclic amide) rings is 1. The summed E-state index contributed by atoms with van der Waals surface area (Å²) < 4.78 is 4.02. The average Bonchev–Trinajstić information content (AvgIpc) is 3.41. The van der Waals surface area contributed by atoms with Crippen LogP contribution in [0.2, 0.25) is 0 Å². The number of allylic oxidation sites excluding steroid dienone is 1. The maximum absolute atomic E-state index is 12.6. The lowest BCUT2D eigenvalue weighted by Crippen LogP contribution is -2.63. The highest BCUT2D eigenvalue weighted by Crippen LogP contribution is 2.52. The fraction of sp³-hybridized carbons (Fsp3) is 0.565. The van der Waals surface area contributed by atoms with Crippen molar-refractivity contribution in [3.8, 4) is 0 Å². The van der Waals surface area contributed by atoms with Gasteiger partial charge < -0.3 is 21.1 Å². The van der Waals surface area contributed by atoms with E-state index in [2.05, 4.69) is 9.88 Å². The maximum atomic E-state index is 12.6. The zero-order valence-electron chi connectivity index (χ0n) is 19.5. The Morgan fingerprint density at radius 2 is 2.21 bits per heavy atom. The number of nitrogens with zero attached hydrogens (tertiary/aromatic N) is 3. The van der Waals surface area contributed by atoms with Crippen LogP contribution in [0.3, 0.4) is 0 Å². The number of nitrogens with two attached hydrogens (primary N) is 1. The molecule has 2 saturated heterocycles. The fourth-order valence-electron chi connectivity index (χ4n) is 5.27. The molecule has 1 aromatic rings. The highest BCUT2D eigenvalue weighted by molar-refractivity contribution is 8.03. The number of carbonyl (C=O) groups is 3. The quantitative estimate of drug-likeness (QED) is 0.193. The van der Waals surface area contributed by atoms with E-state index in [0.717, 1.165) is 36.5 Å². The fourth-order valence-corrected chi connectivity index (χ4v) is 7.04. The second-order valence-corrected chi connectivity index (χ2v) is 11.0. The standard InChI is InChI=1S/C23H30ClN5O4S/c1-12-19-18(13(2)30)23(33)29(19)20(22(24)32)21(12)34-16-8-14(26-9-16)6-7-28-10-15(27(3)11-28)4-5-17(25)31/h4-5,10-14,16,18-19,26,30H,6-9H2,1-3H3,(H-,25,31)/p+1/t12-,13-,14-,16+,18-,19-/m1/s1. The van der Waals surface area contributed by atoms with Gasteiger partial charge in [-0.15, -0.1) is 11.8 Å². The summed E-state index contributed by atoms with van der Waals surface area (Å²) in [6.07, 6.45) is 8.10. The predicted molar refractivity (Wildman–Crippen MR) is 129 cm³/mol. The van der Waals surface area contributed by atoms with Crippen molar-refractivity contribution >= 4 is 46.5 Å². The summed E-state index contributed by atoms with van der Waals surface area (Å²) in [7, 11) is 1.92. The van der Waals surface area contributed by atoms with Crippen molar-refractivity contribution in [1.29, 1.82) is 0 Å². The van der Waals surface area contributed by atoms with Crippen LogP contribution in [0.25, 0.3) is 6.08 Å². The lowest BCUT2D eigenvalue weighted by molar-refractivity contribution is -0.697. The van der Waals surface area contributed by atoms with Crippen LogP contribution in [0.4, 0.5) is 0 Å². The monoisotopic (exact) mass is 508 g/mol. The molecule has 0 unspecified atom stereocenters. The van der Waals surface area contributed by atoms with Crippen LogP contribution in [-0.4, -0.2) is 61.6 Å². The molecular weight excluding hydrogens is 478 g/mol. The summed E-state index contributed by atoms with van der Waals surface area (Å²) in [6, 6.07) is 0.122. The number of aliphatic hydroxyl groups excluding tert-OH is 1. The third-order valence-electron chi connectivity index (χ3n) is 6.95. The van der Waals surface area contributed by atoms with E-state index >= 15 is 0 Å². The van der Waals surface area contributed by atoms with E-state index in [1.165, 1.54) is 11.0 Å². The number of fused-ring (bicyclic) bond motifs is 1. The lowest BCUT2D eigenvalue weighted by Gasteiger charge is -2.46. The first kappa shape index (κ1) is 25.0. The van der Waals surface area contributed by atoms with Crippen molar-refractivity contribution < 1.29 is 24.1 Å². The average molecular weight is 509 g/mol. The van der Waals surface area contributed by atoms with Gasteiger partial charge >= 0.3 is 0 Å². The molecule has 3 aliphatic heterocycles. The second-order valence-electron chi connectivity index (χ2n) is 9.36. The Hall–Kier alpha value is -2.14. The summed E-state index contributed by atoms with van der Waals surface area (Å²) in [5, 5.41) is 13.3. The molecule has 4 rings (SSSR count). The third-order valence-corrected chi connectivity index (χ3v) is 8.64. The van der Waals surface area contributed by atoms with Crippen molar-refractivity contribution in [3.63, 3.8) is 0 Å². The predicted octanol–water partition coefficient (Wildman–Crippen LogP) is 0.499. The van der Waals surface area contributed by atoms with Crippen LogP contribution in [0.15, 0.2) is 29.2 Å². The number of thioether (sulfide) groups is 1. The van der Waals surface area contributed by atoms with Gasteiger partial charge in [-0.2, -0.15) is 0 Å². The Balaban J connectivity index is 1.36. The Bertz CT molecular complexity index is 1070. The molecule has 9 nitrogen and oxygen atoms in total. The third kappa shape index (κ3) is 4.68. The van der Waals surface area contributed by atoms with Gasteiger partial charge in [0, 0.05) is 41.2 Å². The summed E-state index contributed by atoms with van der Waals surface area (Å²) in [6.45, 7) is 5.25. The molecule has 6 atom stereocenters. The lowest BCUT2D eigenvalue weighted by atomic mass is 9.79. The van der Waals surface area contributed by atoms with Gasteiger partial charge in [-0.3, -0.25) is 14.4 Å². The summed E-state index contributed by atoms with van der Waals surface area (Å²) in [4.78, 5) is 38.1. The zero-order valence-corrected chi connectivity index (χ0v) is 21.1. The smallest absolute Gasteiger partial charge is 0.269 e. The minimum absolute atomic E-state index is 0.0363. The van der Waals surface area contributed by atoms with Crippen molar-refractivity contribution in [2.75, 3.05) is 6.54 Å². The number of imidazole rings is 1. The maximum Gasteiger partial charge on any atom is 0.269 e. The summed E-state index contributed by atoms with van der Waals surface area (Å²) in [5.41, 5.74) is 6.36. The number of aryl methyl sites for hydroxylation is 2. The van der Waals surface area contributed by atoms with Crippen LogP contribution >= 0.6 is 23.4 Å². The van der Waals surface area contributed by atoms with E-state index in [4.69, 9.17) is 17.3 Å². The number of nitrogens with one attached hydrogen (secondary N) is 1. The van der Waals surface area contributed by atoms with Gasteiger partial charge in [-0.1, -0.05) is 6.92 Å². The van der Waals surface area contributed by atoms with Gasteiger partial charge in [-0.25, -0.2) is 9.13 Å². The second kappa shape index (κ2) is 9.85. The number of aromatic nitrogens is 2. The van der Waals surface area contributed by atoms with Crippen LogP contribution in [0.1, 0.15) is 32.4 Å². The van der Waals surface area contributed by atoms with E-state index in [1.807, 2.05) is 31.1 Å². The molecule has 184 valence electrons. The Labute approximate surface area is 208 Å². The SMILES string of the molecule is C[C@@H](O)[C@H]1C(=O)N2C(C(=O)Cl)=C(S[C@@H]3CN[C@H](CC[n+]4cc(C=CC(N)=O)n(C)c4)C3)[C@H](C)[C@H]12. The number of hydrogen-bond acceptors (Lipinski definition) is 6. The van der Waals surface area contributed by atoms with Crippen molar-refractivity contribution in [2.45, 2.75) is 56.7 Å². The van der Waals surface area contributed by atoms with Crippen LogP contribution < -0.4 is 15.6 Å². The number of carbonyl (C=O) groups excluding carboxylic acids is 3. The first-order valence-corrected chi connectivity index (χ1v) is 12.7. The van der Waals surface area contributed by atoms with Gasteiger partial charge in [0.15, 0.2) is 5.69 Å². The van der Waals surface area contributed by atoms with Crippen LogP contribution in [0.5, 0.6) is 0 Å². The summed E-state index contributed by atoms with van der Waals surface area (Å²) in [5.74, 6) is -1.23. The highest BCUT2D eigenvalue weighted by atomic mass is 35.5. The van der Waals surface area contributed by atoms with Crippen LogP contribution in [0, 0.1) is 11.8 Å². The molecule has 0 saturated carbocycles. The van der Waals surface area contributed by atoms with E-state index in [0.29, 0.717) is 11.7 Å². The van der Waals surface area contributed by atoms with Crippen molar-refractivity contribution in [1.82, 2.24) is 14.8 Å². The number of amides is 2. The normalized spacial score (nSPS) is 29.6. The first-order chi connectivity index (χ1) is 16.1. The van der Waals surface area contributed by atoms with E-state index in [9.17, 15) is 19.5 Å². The van der Waals surface area contributed by atoms with Crippen LogP contribution in [-0.2, 0) is 28.0 Å². The van der Waals surface area contributed by atoms with Gasteiger partial charge in [-0.05, 0) is 31.0 Å². The van der Waals surface area contributed by atoms with Gasteiger partial charge in [0.05, 0.1) is 31.7 Å². The molecule has 4 heterocycles. The molecule has 0 radical (unpaired) electrons.